The Balaban J connectivity index is 1.56. The molecule has 5 rings (SSSR count). The van der Waals surface area contributed by atoms with Crippen molar-refractivity contribution < 1.29 is 14.3 Å². The number of benzene rings is 1. The number of amides is 2. The van der Waals surface area contributed by atoms with Crippen LogP contribution in [0.1, 0.15) is 48.7 Å². The second-order valence-corrected chi connectivity index (χ2v) is 9.62. The van der Waals surface area contributed by atoms with Crippen LogP contribution in [0.25, 0.3) is 10.2 Å². The molecule has 0 radical (unpaired) electrons. The number of fused-ring (bicyclic) bond motifs is 3. The summed E-state index contributed by atoms with van der Waals surface area (Å²) < 4.78 is 7.54. The van der Waals surface area contributed by atoms with E-state index in [1.165, 1.54) is 0 Å². The number of thiophene rings is 1. The average molecular weight is 438 g/mol. The van der Waals surface area contributed by atoms with Crippen molar-refractivity contribution in [2.75, 3.05) is 7.11 Å². The fourth-order valence-corrected chi connectivity index (χ4v) is 5.82. The Morgan fingerprint density at radius 1 is 1.26 bits per heavy atom. The van der Waals surface area contributed by atoms with Gasteiger partial charge in [-0.25, -0.2) is 0 Å². The molecule has 1 fully saturated rings. The third-order valence-electron chi connectivity index (χ3n) is 6.73. The predicted octanol–water partition coefficient (Wildman–Crippen LogP) is 4.18. The number of aromatic nitrogens is 1. The first-order valence-corrected chi connectivity index (χ1v) is 11.7. The van der Waals surface area contributed by atoms with Crippen LogP contribution in [0.3, 0.4) is 0 Å². The Kier molecular flexibility index (Phi) is 5.01. The van der Waals surface area contributed by atoms with Crippen molar-refractivity contribution in [3.63, 3.8) is 0 Å². The molecular formula is C24H27N3O3S. The van der Waals surface area contributed by atoms with Crippen LogP contribution in [-0.2, 0) is 17.9 Å². The van der Waals surface area contributed by atoms with Gasteiger partial charge in [0, 0.05) is 17.0 Å². The van der Waals surface area contributed by atoms with Crippen molar-refractivity contribution >= 4 is 33.4 Å². The molecule has 2 amide bonds. The number of carbonyl (C=O) groups is 2. The lowest BCUT2D eigenvalue weighted by Gasteiger charge is -2.44. The highest BCUT2D eigenvalue weighted by Gasteiger charge is 2.48. The molecular weight excluding hydrogens is 410 g/mol. The smallest absolute Gasteiger partial charge is 0.271 e. The normalized spacial score (nSPS) is 21.5. The summed E-state index contributed by atoms with van der Waals surface area (Å²) in [6, 6.07) is 11.8. The highest BCUT2D eigenvalue weighted by Crippen LogP contribution is 2.36. The van der Waals surface area contributed by atoms with E-state index in [9.17, 15) is 9.59 Å². The van der Waals surface area contributed by atoms with E-state index < -0.39 is 5.54 Å². The summed E-state index contributed by atoms with van der Waals surface area (Å²) in [7, 11) is 1.63. The number of para-hydroxylation sites is 1. The molecule has 2 aromatic heterocycles. The Labute approximate surface area is 185 Å². The highest BCUT2D eigenvalue weighted by molar-refractivity contribution is 7.16. The lowest BCUT2D eigenvalue weighted by molar-refractivity contribution is -0.133. The number of ether oxygens (including phenoxy) is 1. The van der Waals surface area contributed by atoms with Gasteiger partial charge in [0.15, 0.2) is 0 Å². The minimum atomic E-state index is -0.997. The molecule has 7 heteroatoms. The Hall–Kier alpha value is -2.80. The van der Waals surface area contributed by atoms with Crippen LogP contribution in [-0.4, -0.2) is 40.0 Å². The van der Waals surface area contributed by atoms with Gasteiger partial charge in [-0.15, -0.1) is 11.3 Å². The van der Waals surface area contributed by atoms with Gasteiger partial charge in [0.25, 0.3) is 5.91 Å². The Morgan fingerprint density at radius 3 is 2.81 bits per heavy atom. The first kappa shape index (κ1) is 20.1. The molecule has 2 aliphatic rings. The highest BCUT2D eigenvalue weighted by atomic mass is 32.1. The molecule has 1 aliphatic heterocycles. The number of methoxy groups -OCH3 is 1. The summed E-state index contributed by atoms with van der Waals surface area (Å²) >= 11 is 1.61. The number of carbonyl (C=O) groups excluding carboxylic acids is 2. The maximum atomic E-state index is 13.7. The number of nitrogens with one attached hydrogen (secondary N) is 1. The molecule has 0 unspecified atom stereocenters. The van der Waals surface area contributed by atoms with Crippen LogP contribution in [0.4, 0.5) is 0 Å². The molecule has 1 N–H and O–H groups in total. The lowest BCUT2D eigenvalue weighted by Crippen LogP contribution is -2.64. The first-order valence-electron chi connectivity index (χ1n) is 10.8. The van der Waals surface area contributed by atoms with E-state index in [4.69, 9.17) is 4.74 Å². The zero-order chi connectivity index (χ0) is 21.6. The van der Waals surface area contributed by atoms with Gasteiger partial charge in [-0.1, -0.05) is 31.0 Å². The van der Waals surface area contributed by atoms with Crippen LogP contribution in [0.5, 0.6) is 5.75 Å². The van der Waals surface area contributed by atoms with Crippen LogP contribution in [0, 0.1) is 0 Å². The monoisotopic (exact) mass is 437 g/mol. The van der Waals surface area contributed by atoms with Gasteiger partial charge in [0.05, 0.1) is 20.2 Å². The van der Waals surface area contributed by atoms with E-state index >= 15 is 0 Å². The van der Waals surface area contributed by atoms with Crippen molar-refractivity contribution in [3.8, 4) is 5.75 Å². The van der Waals surface area contributed by atoms with E-state index in [0.717, 1.165) is 47.2 Å². The fraction of sp³-hybridized carbons (Fsp3) is 0.417. The van der Waals surface area contributed by atoms with Crippen LogP contribution < -0.4 is 10.1 Å². The third kappa shape index (κ3) is 3.31. The number of hydrogen-bond acceptors (Lipinski definition) is 4. The minimum Gasteiger partial charge on any atom is -0.496 e. The van der Waals surface area contributed by atoms with E-state index in [2.05, 4.69) is 5.32 Å². The second-order valence-electron chi connectivity index (χ2n) is 8.73. The van der Waals surface area contributed by atoms with Crippen molar-refractivity contribution in [1.29, 1.82) is 0 Å². The number of rotatable bonds is 5. The summed E-state index contributed by atoms with van der Waals surface area (Å²) in [5.41, 5.74) is 0.534. The molecule has 6 nitrogen and oxygen atoms in total. The van der Waals surface area contributed by atoms with Crippen molar-refractivity contribution in [3.05, 3.63) is 53.0 Å². The number of nitrogens with zero attached hydrogens (tertiary/aromatic N) is 2. The van der Waals surface area contributed by atoms with E-state index in [-0.39, 0.29) is 17.9 Å². The largest absolute Gasteiger partial charge is 0.496 e. The Morgan fingerprint density at radius 2 is 2.03 bits per heavy atom. The predicted molar refractivity (Wildman–Crippen MR) is 121 cm³/mol. The van der Waals surface area contributed by atoms with Gasteiger partial charge >= 0.3 is 0 Å². The fourth-order valence-electron chi connectivity index (χ4n) is 4.92. The van der Waals surface area contributed by atoms with E-state index in [1.807, 2.05) is 53.3 Å². The first-order chi connectivity index (χ1) is 15.0. The molecule has 3 aromatic rings. The SMILES string of the molecule is COc1ccccc1CN1C(=O)c2cc3ccsc3n2C[C@]1(C)C(=O)NC1CCCC1. The van der Waals surface area contributed by atoms with Crippen LogP contribution >= 0.6 is 11.3 Å². The summed E-state index contributed by atoms with van der Waals surface area (Å²) in [6.45, 7) is 2.65. The van der Waals surface area contributed by atoms with Gasteiger partial charge in [-0.3, -0.25) is 9.59 Å². The van der Waals surface area contributed by atoms with E-state index in [0.29, 0.717) is 18.8 Å². The summed E-state index contributed by atoms with van der Waals surface area (Å²) in [5, 5.41) is 6.32. The average Bonchev–Trinajstić information content (AvgIpc) is 3.50. The van der Waals surface area contributed by atoms with E-state index in [1.54, 1.807) is 23.3 Å². The maximum absolute atomic E-state index is 13.7. The minimum absolute atomic E-state index is 0.0771. The summed E-state index contributed by atoms with van der Waals surface area (Å²) in [6.07, 6.45) is 4.30. The van der Waals surface area contributed by atoms with Crippen molar-refractivity contribution in [2.45, 2.75) is 57.3 Å². The van der Waals surface area contributed by atoms with Crippen molar-refractivity contribution in [1.82, 2.24) is 14.8 Å². The second kappa shape index (κ2) is 7.71. The standard InChI is InChI=1S/C24H27N3O3S/c1-24(23(29)25-18-8-4-5-9-18)15-26-19(13-16-11-12-31-22(16)26)21(28)27(24)14-17-7-3-6-10-20(17)30-2/h3,6-7,10-13,18H,4-5,8-9,14-15H2,1-2H3,(H,25,29)/t24-/m1/s1. The summed E-state index contributed by atoms with van der Waals surface area (Å²) in [5.74, 6) is 0.520. The van der Waals surface area contributed by atoms with Gasteiger partial charge in [-0.2, -0.15) is 0 Å². The molecule has 0 saturated heterocycles. The molecule has 0 bridgehead atoms. The van der Waals surface area contributed by atoms with Crippen LogP contribution in [0.2, 0.25) is 0 Å². The van der Waals surface area contributed by atoms with Crippen molar-refractivity contribution in [2.24, 2.45) is 0 Å². The van der Waals surface area contributed by atoms with Gasteiger partial charge in [-0.05, 0) is 43.3 Å². The molecule has 31 heavy (non-hydrogen) atoms. The van der Waals surface area contributed by atoms with Gasteiger partial charge < -0.3 is 19.5 Å². The maximum Gasteiger partial charge on any atom is 0.271 e. The third-order valence-corrected chi connectivity index (χ3v) is 7.68. The zero-order valence-corrected chi connectivity index (χ0v) is 18.7. The molecule has 162 valence electrons. The zero-order valence-electron chi connectivity index (χ0n) is 17.9. The lowest BCUT2D eigenvalue weighted by atomic mass is 9.93. The van der Waals surface area contributed by atoms with Gasteiger partial charge in [0.2, 0.25) is 5.91 Å². The number of hydrogen-bond donors (Lipinski definition) is 1. The molecule has 3 heterocycles. The van der Waals surface area contributed by atoms with Gasteiger partial charge in [0.1, 0.15) is 21.8 Å². The molecule has 1 atom stereocenters. The molecule has 1 aliphatic carbocycles. The molecule has 1 saturated carbocycles. The Bertz CT molecular complexity index is 1140. The topological polar surface area (TPSA) is 63.6 Å². The summed E-state index contributed by atoms with van der Waals surface area (Å²) in [4.78, 5) is 30.1. The quantitative estimate of drug-likeness (QED) is 0.651. The van der Waals surface area contributed by atoms with Crippen LogP contribution in [0.15, 0.2) is 41.8 Å². The molecule has 1 aromatic carbocycles. The molecule has 0 spiro atoms.